The number of benzene rings is 3. The van der Waals surface area contributed by atoms with Gasteiger partial charge in [-0.05, 0) is 30.2 Å². The van der Waals surface area contributed by atoms with Crippen molar-refractivity contribution in [1.29, 1.82) is 0 Å². The maximum atomic E-state index is 14.3. The zero-order valence-electron chi connectivity index (χ0n) is 14.0. The fourth-order valence-corrected chi connectivity index (χ4v) is 2.76. The third-order valence-corrected chi connectivity index (χ3v) is 4.15. The van der Waals surface area contributed by atoms with Crippen LogP contribution in [0.1, 0.15) is 15.9 Å². The number of aryl methyl sites for hydroxylation is 1. The topological polar surface area (TPSA) is 20.3 Å². The quantitative estimate of drug-likeness (QED) is 0.642. The van der Waals surface area contributed by atoms with Crippen molar-refractivity contribution in [1.82, 2.24) is 0 Å². The molecule has 0 radical (unpaired) electrons. The monoisotopic (exact) mass is 337 g/mol. The number of anilines is 1. The summed E-state index contributed by atoms with van der Waals surface area (Å²) >= 11 is 0. The van der Waals surface area contributed by atoms with Gasteiger partial charge in [-0.15, -0.1) is 0 Å². The molecule has 0 aliphatic rings. The Kier molecular flexibility index (Phi) is 4.61. The molecule has 4 heteroatoms. The summed E-state index contributed by atoms with van der Waals surface area (Å²) < 4.78 is 28.4. The van der Waals surface area contributed by atoms with Crippen molar-refractivity contribution in [2.24, 2.45) is 0 Å². The molecular formula is C21H17F2NO. The van der Waals surface area contributed by atoms with Crippen molar-refractivity contribution < 1.29 is 13.6 Å². The first-order chi connectivity index (χ1) is 12.0. The summed E-state index contributed by atoms with van der Waals surface area (Å²) in [5.74, 6) is -2.41. The Balaban J connectivity index is 2.07. The Hall–Kier alpha value is -3.01. The third-order valence-electron chi connectivity index (χ3n) is 4.15. The lowest BCUT2D eigenvalue weighted by Crippen LogP contribution is -2.29. The van der Waals surface area contributed by atoms with Gasteiger partial charge in [0, 0.05) is 12.6 Å². The number of hydrogen-bond donors (Lipinski definition) is 0. The summed E-state index contributed by atoms with van der Waals surface area (Å²) in [6.07, 6.45) is 0. The Morgan fingerprint density at radius 1 is 0.880 bits per heavy atom. The largest absolute Gasteiger partial charge is 0.311 e. The minimum Gasteiger partial charge on any atom is -0.311 e. The summed E-state index contributed by atoms with van der Waals surface area (Å²) in [6.45, 7) is 1.50. The summed E-state index contributed by atoms with van der Waals surface area (Å²) in [4.78, 5) is 14.0. The highest BCUT2D eigenvalue weighted by molar-refractivity contribution is 6.08. The first kappa shape index (κ1) is 16.8. The van der Waals surface area contributed by atoms with E-state index in [0.717, 1.165) is 17.2 Å². The van der Waals surface area contributed by atoms with Gasteiger partial charge in [-0.25, -0.2) is 8.78 Å². The van der Waals surface area contributed by atoms with E-state index in [1.54, 1.807) is 12.1 Å². The minimum atomic E-state index is -0.864. The van der Waals surface area contributed by atoms with Crippen LogP contribution >= 0.6 is 0 Å². The van der Waals surface area contributed by atoms with Crippen LogP contribution in [0.3, 0.4) is 0 Å². The van der Waals surface area contributed by atoms with Crippen molar-refractivity contribution in [2.45, 2.75) is 6.92 Å². The van der Waals surface area contributed by atoms with Gasteiger partial charge in [-0.3, -0.25) is 4.79 Å². The molecule has 0 saturated carbocycles. The molecule has 0 atom stereocenters. The summed E-state index contributed by atoms with van der Waals surface area (Å²) in [6, 6.07) is 19.2. The number of carbonyl (C=O) groups excluding carboxylic acids is 1. The van der Waals surface area contributed by atoms with Crippen LogP contribution in [-0.2, 0) is 0 Å². The van der Waals surface area contributed by atoms with Gasteiger partial charge in [0.25, 0.3) is 5.91 Å². The average Bonchev–Trinajstić information content (AvgIpc) is 2.65. The van der Waals surface area contributed by atoms with E-state index >= 15 is 0 Å². The Morgan fingerprint density at radius 2 is 1.52 bits per heavy atom. The van der Waals surface area contributed by atoms with E-state index in [9.17, 15) is 13.6 Å². The molecule has 3 rings (SSSR count). The van der Waals surface area contributed by atoms with Gasteiger partial charge in [-0.2, -0.15) is 0 Å². The van der Waals surface area contributed by atoms with Crippen LogP contribution in [0, 0.1) is 18.6 Å². The molecule has 0 fully saturated rings. The molecule has 0 unspecified atom stereocenters. The van der Waals surface area contributed by atoms with Crippen LogP contribution in [0.5, 0.6) is 0 Å². The molecule has 0 saturated heterocycles. The van der Waals surface area contributed by atoms with Gasteiger partial charge >= 0.3 is 0 Å². The van der Waals surface area contributed by atoms with Crippen LogP contribution in [-0.4, -0.2) is 13.0 Å². The Labute approximate surface area is 145 Å². The summed E-state index contributed by atoms with van der Waals surface area (Å²) in [5.41, 5.74) is 2.01. The molecule has 1 amide bonds. The van der Waals surface area contributed by atoms with Crippen LogP contribution in [0.4, 0.5) is 14.5 Å². The van der Waals surface area contributed by atoms with E-state index in [4.69, 9.17) is 0 Å². The number of amides is 1. The van der Waals surface area contributed by atoms with E-state index in [-0.39, 0.29) is 5.56 Å². The van der Waals surface area contributed by atoms with Crippen LogP contribution in [0.15, 0.2) is 66.7 Å². The maximum Gasteiger partial charge on any atom is 0.264 e. The van der Waals surface area contributed by atoms with Gasteiger partial charge in [-0.1, -0.05) is 54.6 Å². The second-order valence-corrected chi connectivity index (χ2v) is 5.80. The summed E-state index contributed by atoms with van der Waals surface area (Å²) in [5, 5.41) is 0. The van der Waals surface area contributed by atoms with Gasteiger partial charge in [0.05, 0.1) is 5.69 Å². The Morgan fingerprint density at radius 3 is 2.24 bits per heavy atom. The maximum absolute atomic E-state index is 14.3. The molecule has 2 nitrogen and oxygen atoms in total. The van der Waals surface area contributed by atoms with Gasteiger partial charge in [0.2, 0.25) is 0 Å². The van der Waals surface area contributed by atoms with Crippen molar-refractivity contribution in [3.63, 3.8) is 0 Å². The van der Waals surface area contributed by atoms with Crippen LogP contribution in [0.2, 0.25) is 0 Å². The third kappa shape index (κ3) is 3.15. The van der Waals surface area contributed by atoms with E-state index in [1.165, 1.54) is 24.9 Å². The van der Waals surface area contributed by atoms with Crippen LogP contribution in [0.25, 0.3) is 11.1 Å². The highest BCUT2D eigenvalue weighted by atomic mass is 19.1. The highest BCUT2D eigenvalue weighted by Crippen LogP contribution is 2.31. The number of nitrogens with zero attached hydrogens (tertiary/aromatic N) is 1. The van der Waals surface area contributed by atoms with Crippen LogP contribution < -0.4 is 4.90 Å². The lowest BCUT2D eigenvalue weighted by molar-refractivity contribution is 0.0985. The first-order valence-electron chi connectivity index (χ1n) is 7.88. The predicted octanol–water partition coefficient (Wildman–Crippen LogP) is 5.22. The molecular weight excluding hydrogens is 320 g/mol. The average molecular weight is 337 g/mol. The number of carbonyl (C=O) groups is 1. The molecule has 0 bridgehead atoms. The molecule has 3 aromatic carbocycles. The van der Waals surface area contributed by atoms with E-state index < -0.39 is 23.1 Å². The van der Waals surface area contributed by atoms with Crippen molar-refractivity contribution in [3.8, 4) is 11.1 Å². The SMILES string of the molecule is Cc1ccc(F)c(C(=O)N(C)c2ccccc2-c2ccccc2)c1F. The molecule has 126 valence electrons. The molecule has 25 heavy (non-hydrogen) atoms. The summed E-state index contributed by atoms with van der Waals surface area (Å²) in [7, 11) is 1.52. The molecule has 0 spiro atoms. The lowest BCUT2D eigenvalue weighted by Gasteiger charge is -2.22. The molecule has 0 aliphatic heterocycles. The first-order valence-corrected chi connectivity index (χ1v) is 7.88. The molecule has 0 aliphatic carbocycles. The zero-order valence-corrected chi connectivity index (χ0v) is 14.0. The molecule has 0 aromatic heterocycles. The number of halogens is 2. The van der Waals surface area contributed by atoms with E-state index in [2.05, 4.69) is 0 Å². The standard InChI is InChI=1S/C21H17F2NO/c1-14-12-13-17(22)19(20(14)23)21(25)24(2)18-11-7-6-10-16(18)15-8-4-3-5-9-15/h3-13H,1-2H3. The molecule has 0 N–H and O–H groups in total. The van der Waals surface area contributed by atoms with E-state index in [1.807, 2.05) is 42.5 Å². The normalized spacial score (nSPS) is 10.6. The second kappa shape index (κ2) is 6.85. The highest BCUT2D eigenvalue weighted by Gasteiger charge is 2.24. The molecule has 3 aromatic rings. The Bertz CT molecular complexity index is 922. The number of hydrogen-bond acceptors (Lipinski definition) is 1. The fraction of sp³-hybridized carbons (Fsp3) is 0.0952. The lowest BCUT2D eigenvalue weighted by atomic mass is 10.0. The van der Waals surface area contributed by atoms with Crippen molar-refractivity contribution in [2.75, 3.05) is 11.9 Å². The van der Waals surface area contributed by atoms with E-state index in [0.29, 0.717) is 5.69 Å². The van der Waals surface area contributed by atoms with Gasteiger partial charge < -0.3 is 4.90 Å². The number of para-hydroxylation sites is 1. The van der Waals surface area contributed by atoms with Crippen molar-refractivity contribution >= 4 is 11.6 Å². The number of rotatable bonds is 3. The second-order valence-electron chi connectivity index (χ2n) is 5.80. The zero-order chi connectivity index (χ0) is 18.0. The predicted molar refractivity (Wildman–Crippen MR) is 95.7 cm³/mol. The smallest absolute Gasteiger partial charge is 0.264 e. The molecule has 0 heterocycles. The minimum absolute atomic E-state index is 0.231. The van der Waals surface area contributed by atoms with Gasteiger partial charge in [0.15, 0.2) is 0 Å². The van der Waals surface area contributed by atoms with Gasteiger partial charge in [0.1, 0.15) is 17.2 Å². The van der Waals surface area contributed by atoms with Crippen molar-refractivity contribution in [3.05, 3.63) is 89.5 Å². The fourth-order valence-electron chi connectivity index (χ4n) is 2.76.